The van der Waals surface area contributed by atoms with Crippen LogP contribution in [0.5, 0.6) is 0 Å². The molecule has 1 aliphatic rings. The van der Waals surface area contributed by atoms with Crippen molar-refractivity contribution >= 4 is 0 Å². The Kier molecular flexibility index (Phi) is 2.43. The molecule has 0 saturated carbocycles. The third kappa shape index (κ3) is 1.51. The van der Waals surface area contributed by atoms with E-state index in [1.165, 1.54) is 6.92 Å². The van der Waals surface area contributed by atoms with E-state index in [1.807, 2.05) is 0 Å². The Balaban J connectivity index is 2.63. The molecule has 1 fully saturated rings. The van der Waals surface area contributed by atoms with E-state index in [2.05, 4.69) is 4.74 Å². The summed E-state index contributed by atoms with van der Waals surface area (Å²) in [6, 6.07) is 0. The average Bonchev–Trinajstić information content (AvgIpc) is 1.97. The molecule has 0 bridgehead atoms. The second-order valence-electron chi connectivity index (χ2n) is 2.66. The number of ether oxygens (including phenoxy) is 1. The third-order valence-electron chi connectivity index (χ3n) is 1.78. The predicted octanol–water partition coefficient (Wildman–Crippen LogP) is -1.22. The number of hydrogen-bond acceptors (Lipinski definition) is 4. The van der Waals surface area contributed by atoms with Gasteiger partial charge in [0, 0.05) is 0 Å². The smallest absolute Gasteiger partial charge is 0.189 e. The standard InChI is InChI=1S/C6H11FO4/c1-2-4(8)5(9)3(7)6(10)11-2/h2-6,8-10H,1H3/t2-,3-,4+,5-,6?/m0/s1/i7-1. The van der Waals surface area contributed by atoms with Gasteiger partial charge in [0.25, 0.3) is 0 Å². The van der Waals surface area contributed by atoms with Crippen molar-refractivity contribution in [3.05, 3.63) is 0 Å². The van der Waals surface area contributed by atoms with Crippen LogP contribution in [0.4, 0.5) is 4.39 Å². The van der Waals surface area contributed by atoms with Gasteiger partial charge in [0.15, 0.2) is 12.5 Å². The van der Waals surface area contributed by atoms with Crippen molar-refractivity contribution in [3.63, 3.8) is 0 Å². The fourth-order valence-electron chi connectivity index (χ4n) is 1.01. The molecule has 0 aromatic rings. The van der Waals surface area contributed by atoms with Crippen LogP contribution in [0.1, 0.15) is 6.92 Å². The summed E-state index contributed by atoms with van der Waals surface area (Å²) in [5.74, 6) is 0. The van der Waals surface area contributed by atoms with Gasteiger partial charge in [0.05, 0.1) is 6.10 Å². The lowest BCUT2D eigenvalue weighted by Crippen LogP contribution is -2.54. The second kappa shape index (κ2) is 3.02. The molecule has 0 aromatic carbocycles. The molecule has 1 unspecified atom stereocenters. The van der Waals surface area contributed by atoms with Crippen molar-refractivity contribution in [2.24, 2.45) is 0 Å². The zero-order valence-electron chi connectivity index (χ0n) is 6.01. The monoisotopic (exact) mass is 165 g/mol. The Morgan fingerprint density at radius 1 is 1.18 bits per heavy atom. The van der Waals surface area contributed by atoms with Crippen LogP contribution in [0.15, 0.2) is 0 Å². The van der Waals surface area contributed by atoms with Gasteiger partial charge >= 0.3 is 0 Å². The first kappa shape index (κ1) is 8.86. The largest absolute Gasteiger partial charge is 0.388 e. The summed E-state index contributed by atoms with van der Waals surface area (Å²) in [4.78, 5) is 0. The number of halogens is 1. The highest BCUT2D eigenvalue weighted by molar-refractivity contribution is 4.86. The van der Waals surface area contributed by atoms with E-state index in [1.54, 1.807) is 0 Å². The molecule has 3 N–H and O–H groups in total. The maximum atomic E-state index is 12.6. The van der Waals surface area contributed by atoms with Crippen LogP contribution in [-0.2, 0) is 4.74 Å². The lowest BCUT2D eigenvalue weighted by molar-refractivity contribution is -0.261. The maximum absolute atomic E-state index is 12.6. The summed E-state index contributed by atoms with van der Waals surface area (Å²) < 4.78 is 17.2. The fraction of sp³-hybridized carbons (Fsp3) is 1.00. The maximum Gasteiger partial charge on any atom is 0.189 e. The summed E-state index contributed by atoms with van der Waals surface area (Å²) >= 11 is 0. The molecule has 1 saturated heterocycles. The van der Waals surface area contributed by atoms with Crippen molar-refractivity contribution < 1.29 is 24.4 Å². The van der Waals surface area contributed by atoms with Crippen molar-refractivity contribution in [1.29, 1.82) is 0 Å². The van der Waals surface area contributed by atoms with Gasteiger partial charge in [-0.05, 0) is 6.92 Å². The first-order valence-electron chi connectivity index (χ1n) is 3.37. The van der Waals surface area contributed by atoms with Gasteiger partial charge in [-0.2, -0.15) is 0 Å². The summed E-state index contributed by atoms with van der Waals surface area (Å²) in [6.07, 6.45) is -7.14. The first-order chi connectivity index (χ1) is 5.04. The Labute approximate surface area is 63.2 Å². The number of rotatable bonds is 0. The van der Waals surface area contributed by atoms with Gasteiger partial charge in [-0.3, -0.25) is 0 Å². The van der Waals surface area contributed by atoms with Gasteiger partial charge < -0.3 is 20.1 Å². The van der Waals surface area contributed by atoms with Crippen LogP contribution in [0.25, 0.3) is 0 Å². The van der Waals surface area contributed by atoms with E-state index in [9.17, 15) is 4.39 Å². The zero-order chi connectivity index (χ0) is 8.59. The van der Waals surface area contributed by atoms with Crippen molar-refractivity contribution in [3.8, 4) is 0 Å². The van der Waals surface area contributed by atoms with Gasteiger partial charge in [-0.1, -0.05) is 0 Å². The van der Waals surface area contributed by atoms with Crippen LogP contribution in [0.2, 0.25) is 0 Å². The molecule has 4 nitrogen and oxygen atoms in total. The van der Waals surface area contributed by atoms with Gasteiger partial charge in [0.1, 0.15) is 12.2 Å². The SMILES string of the molecule is C[C@@H]1OC(O)[C@@H]([18F])[C@H](O)[C@@H]1O. The predicted molar refractivity (Wildman–Crippen MR) is 33.5 cm³/mol. The van der Waals surface area contributed by atoms with E-state index < -0.39 is 30.8 Å². The lowest BCUT2D eigenvalue weighted by Gasteiger charge is -2.35. The minimum Gasteiger partial charge on any atom is -0.388 e. The van der Waals surface area contributed by atoms with E-state index in [-0.39, 0.29) is 0 Å². The van der Waals surface area contributed by atoms with Crippen LogP contribution >= 0.6 is 0 Å². The molecule has 66 valence electrons. The molecule has 0 radical (unpaired) electrons. The minimum absolute atomic E-state index is 0.744. The molecule has 5 atom stereocenters. The second-order valence-corrected chi connectivity index (χ2v) is 2.66. The minimum atomic E-state index is -1.93. The summed E-state index contributed by atoms with van der Waals surface area (Å²) in [6.45, 7) is 1.45. The molecule has 0 amide bonds. The fourth-order valence-corrected chi connectivity index (χ4v) is 1.01. The topological polar surface area (TPSA) is 69.9 Å². The molecule has 1 heterocycles. The van der Waals surface area contributed by atoms with E-state index >= 15 is 0 Å². The van der Waals surface area contributed by atoms with Gasteiger partial charge in [-0.25, -0.2) is 4.39 Å². The zero-order valence-corrected chi connectivity index (χ0v) is 6.01. The number of alkyl halides is 1. The Morgan fingerprint density at radius 2 is 1.73 bits per heavy atom. The highest BCUT2D eigenvalue weighted by Crippen LogP contribution is 2.21. The lowest BCUT2D eigenvalue weighted by atomic mass is 10.0. The van der Waals surface area contributed by atoms with E-state index in [4.69, 9.17) is 15.3 Å². The summed E-state index contributed by atoms with van der Waals surface area (Å²) in [5.41, 5.74) is 0. The molecule has 1 aliphatic heterocycles. The summed E-state index contributed by atoms with van der Waals surface area (Å²) in [5, 5.41) is 26.7. The van der Waals surface area contributed by atoms with Crippen LogP contribution in [0, 0.1) is 0 Å². The molecule has 0 aliphatic carbocycles. The van der Waals surface area contributed by atoms with E-state index in [0.717, 1.165) is 0 Å². The molecule has 0 aromatic heterocycles. The highest BCUT2D eigenvalue weighted by atomic mass is 18.2. The van der Waals surface area contributed by atoms with Gasteiger partial charge in [0.2, 0.25) is 0 Å². The number of aliphatic hydroxyl groups is 3. The highest BCUT2D eigenvalue weighted by Gasteiger charge is 2.42. The molecule has 1 rings (SSSR count). The Morgan fingerprint density at radius 3 is 2.27 bits per heavy atom. The molecule has 0 spiro atoms. The third-order valence-corrected chi connectivity index (χ3v) is 1.78. The molecular formula is C6H11FO4. The molecule has 5 heteroatoms. The molecule has 11 heavy (non-hydrogen) atoms. The molecular weight excluding hydrogens is 154 g/mol. The van der Waals surface area contributed by atoms with Crippen LogP contribution in [-0.4, -0.2) is 46.1 Å². The van der Waals surface area contributed by atoms with E-state index in [0.29, 0.717) is 0 Å². The van der Waals surface area contributed by atoms with Crippen LogP contribution in [0.3, 0.4) is 0 Å². The first-order valence-corrected chi connectivity index (χ1v) is 3.37. The normalized spacial score (nSPS) is 52.6. The van der Waals surface area contributed by atoms with Crippen molar-refractivity contribution in [2.75, 3.05) is 0 Å². The van der Waals surface area contributed by atoms with Gasteiger partial charge in [-0.15, -0.1) is 0 Å². The number of aliphatic hydroxyl groups excluding tert-OH is 3. The average molecular weight is 165 g/mol. The Hall–Kier alpha value is -0.230. The quantitative estimate of drug-likeness (QED) is 0.421. The van der Waals surface area contributed by atoms with Crippen LogP contribution < -0.4 is 0 Å². The Bertz CT molecular complexity index is 129. The summed E-state index contributed by atoms with van der Waals surface area (Å²) in [7, 11) is 0. The number of hydrogen-bond donors (Lipinski definition) is 3. The van der Waals surface area contributed by atoms with Crippen molar-refractivity contribution in [2.45, 2.75) is 37.7 Å². The van der Waals surface area contributed by atoms with Crippen molar-refractivity contribution in [1.82, 2.24) is 0 Å².